The molecule has 56 heavy (non-hydrogen) atoms. The highest BCUT2D eigenvalue weighted by atomic mass is 32.2. The summed E-state index contributed by atoms with van der Waals surface area (Å²) in [6.45, 7) is 17.2. The van der Waals surface area contributed by atoms with E-state index in [-0.39, 0.29) is 23.4 Å². The summed E-state index contributed by atoms with van der Waals surface area (Å²) in [7, 11) is 0. The highest BCUT2D eigenvalue weighted by Gasteiger charge is 2.26. The van der Waals surface area contributed by atoms with Gasteiger partial charge in [-0.05, 0) is 48.5 Å². The summed E-state index contributed by atoms with van der Waals surface area (Å²) in [6, 6.07) is 18.9. The Morgan fingerprint density at radius 3 is 1.52 bits per heavy atom. The van der Waals surface area contributed by atoms with Gasteiger partial charge in [-0.2, -0.15) is 8.78 Å². The fourth-order valence-electron chi connectivity index (χ4n) is 6.72. The van der Waals surface area contributed by atoms with E-state index in [1.165, 1.54) is 48.1 Å². The largest absolute Gasteiger partial charge is 0.350 e. The predicted octanol–water partition coefficient (Wildman–Crippen LogP) is 9.56. The summed E-state index contributed by atoms with van der Waals surface area (Å²) >= 11 is 3.02. The van der Waals surface area contributed by atoms with Gasteiger partial charge < -0.3 is 28.1 Å². The number of rotatable bonds is 10. The number of aryl methyl sites for hydroxylation is 2. The molecule has 10 nitrogen and oxygen atoms in total. The van der Waals surface area contributed by atoms with Crippen LogP contribution in [0.15, 0.2) is 92.6 Å². The Morgan fingerprint density at radius 1 is 0.571 bits per heavy atom. The van der Waals surface area contributed by atoms with Crippen LogP contribution < -0.4 is 0 Å². The fraction of sp³-hybridized carbons (Fsp3) is 0.429. The molecule has 4 aromatic heterocycles. The molecule has 2 saturated heterocycles. The van der Waals surface area contributed by atoms with Crippen LogP contribution in [0.3, 0.4) is 0 Å². The Morgan fingerprint density at radius 2 is 1.02 bits per heavy atom. The normalized spacial score (nSPS) is 15.6. The molecule has 0 saturated carbocycles. The van der Waals surface area contributed by atoms with Crippen molar-refractivity contribution in [1.82, 2.24) is 29.1 Å². The molecule has 2 aliphatic rings. The molecule has 0 spiro atoms. The van der Waals surface area contributed by atoms with Crippen molar-refractivity contribution in [3.8, 4) is 0 Å². The molecular weight excluding hydrogens is 755 g/mol. The number of hydrogen-bond donors (Lipinski definition) is 0. The first-order chi connectivity index (χ1) is 26.8. The van der Waals surface area contributed by atoms with Gasteiger partial charge in [-0.3, -0.25) is 0 Å². The summed E-state index contributed by atoms with van der Waals surface area (Å²) in [5.41, 5.74) is 3.90. The summed E-state index contributed by atoms with van der Waals surface area (Å²) < 4.78 is 53.7. The molecule has 0 amide bonds. The van der Waals surface area contributed by atoms with Gasteiger partial charge in [0, 0.05) is 80.9 Å². The van der Waals surface area contributed by atoms with E-state index in [1.54, 1.807) is 6.07 Å². The Kier molecular flexibility index (Phi) is 12.4. The maximum Gasteiger partial charge on any atom is 0.213 e. The van der Waals surface area contributed by atoms with Crippen molar-refractivity contribution in [3.63, 3.8) is 0 Å². The van der Waals surface area contributed by atoms with E-state index in [2.05, 4.69) is 84.9 Å². The van der Waals surface area contributed by atoms with Gasteiger partial charge in [0.05, 0.1) is 48.5 Å². The molecule has 8 rings (SSSR count). The minimum absolute atomic E-state index is 0.0854. The van der Waals surface area contributed by atoms with Crippen LogP contribution in [0.5, 0.6) is 0 Å². The molecule has 0 bridgehead atoms. The van der Waals surface area contributed by atoms with Crippen molar-refractivity contribution in [2.75, 3.05) is 26.4 Å². The molecule has 14 heteroatoms. The van der Waals surface area contributed by atoms with Gasteiger partial charge in [0.1, 0.15) is 11.6 Å². The number of imidazole rings is 2. The molecule has 296 valence electrons. The summed E-state index contributed by atoms with van der Waals surface area (Å²) in [5.74, 6) is 1.14. The van der Waals surface area contributed by atoms with Gasteiger partial charge in [0.15, 0.2) is 12.6 Å². The molecular formula is C42H48F2N6O4S2. The van der Waals surface area contributed by atoms with E-state index in [1.807, 2.05) is 18.2 Å². The number of nitrogens with zero attached hydrogens (tertiary/aromatic N) is 6. The lowest BCUT2D eigenvalue weighted by molar-refractivity contribution is -0.0493. The van der Waals surface area contributed by atoms with Gasteiger partial charge in [0.2, 0.25) is 11.9 Å². The lowest BCUT2D eigenvalue weighted by Crippen LogP contribution is -2.21. The maximum absolute atomic E-state index is 13.4. The highest BCUT2D eigenvalue weighted by Crippen LogP contribution is 2.35. The standard InChI is InChI=1S/2C21H24FN3O2S/c1-21(2,3)20-24-16-12-14(28-15-6-8-23-18(22)13-15)4-5-17(16)25(20)9-7-19-26-10-11-27-19;1-21(2,3)20-24-16-5-4-14(28-15-6-8-23-18(22)13-15)12-17(16)25(20)9-7-19-26-10-11-27-19/h2*4-6,8,12-13,19H,7,9-11H2,1-3H3. The summed E-state index contributed by atoms with van der Waals surface area (Å²) in [6.07, 6.45) is 4.25. The van der Waals surface area contributed by atoms with Crippen LogP contribution in [0.2, 0.25) is 0 Å². The van der Waals surface area contributed by atoms with E-state index in [0.29, 0.717) is 26.4 Å². The molecule has 0 radical (unpaired) electrons. The maximum atomic E-state index is 13.4. The number of benzene rings is 2. The van der Waals surface area contributed by atoms with Gasteiger partial charge in [-0.1, -0.05) is 65.1 Å². The van der Waals surface area contributed by atoms with Crippen LogP contribution in [-0.4, -0.2) is 68.1 Å². The third-order valence-electron chi connectivity index (χ3n) is 9.21. The first-order valence-corrected chi connectivity index (χ1v) is 20.5. The van der Waals surface area contributed by atoms with E-state index in [0.717, 1.165) is 79.2 Å². The van der Waals surface area contributed by atoms with Crippen LogP contribution in [-0.2, 0) is 42.9 Å². The second-order valence-corrected chi connectivity index (χ2v) is 18.0. The van der Waals surface area contributed by atoms with Gasteiger partial charge >= 0.3 is 0 Å². The molecule has 0 atom stereocenters. The smallest absolute Gasteiger partial charge is 0.213 e. The molecule has 6 aromatic rings. The monoisotopic (exact) mass is 802 g/mol. The molecule has 0 aliphatic carbocycles. The predicted molar refractivity (Wildman–Crippen MR) is 214 cm³/mol. The van der Waals surface area contributed by atoms with Crippen LogP contribution in [0.4, 0.5) is 8.78 Å². The molecule has 2 fully saturated rings. The zero-order valence-electron chi connectivity index (χ0n) is 32.6. The van der Waals surface area contributed by atoms with Crippen molar-refractivity contribution in [2.45, 2.75) is 110 Å². The quantitative estimate of drug-likeness (QED) is 0.125. The second kappa shape index (κ2) is 17.3. The van der Waals surface area contributed by atoms with Gasteiger partial charge in [-0.15, -0.1) is 0 Å². The average Bonchev–Trinajstić information content (AvgIpc) is 3.96. The number of fused-ring (bicyclic) bond motifs is 2. The van der Waals surface area contributed by atoms with Crippen molar-refractivity contribution in [1.29, 1.82) is 0 Å². The number of halogens is 2. The van der Waals surface area contributed by atoms with E-state index < -0.39 is 11.9 Å². The first kappa shape index (κ1) is 40.3. The fourth-order valence-corrected chi connectivity index (χ4v) is 8.45. The van der Waals surface area contributed by atoms with Crippen LogP contribution in [0.1, 0.15) is 66.0 Å². The zero-order valence-corrected chi connectivity index (χ0v) is 34.3. The summed E-state index contributed by atoms with van der Waals surface area (Å²) in [4.78, 5) is 20.7. The second-order valence-electron chi connectivity index (χ2n) is 15.7. The minimum Gasteiger partial charge on any atom is -0.350 e. The Labute approximate surface area is 334 Å². The third kappa shape index (κ3) is 9.96. The highest BCUT2D eigenvalue weighted by molar-refractivity contribution is 7.99. The van der Waals surface area contributed by atoms with E-state index in [4.69, 9.17) is 28.9 Å². The van der Waals surface area contributed by atoms with Crippen molar-refractivity contribution in [2.24, 2.45) is 0 Å². The Hall–Kier alpha value is -3.92. The topological polar surface area (TPSA) is 98.3 Å². The first-order valence-electron chi connectivity index (χ1n) is 18.9. The van der Waals surface area contributed by atoms with E-state index in [9.17, 15) is 8.78 Å². The summed E-state index contributed by atoms with van der Waals surface area (Å²) in [5, 5.41) is 0. The van der Waals surface area contributed by atoms with Crippen LogP contribution in [0.25, 0.3) is 22.1 Å². The lowest BCUT2D eigenvalue weighted by atomic mass is 9.95. The molecule has 0 unspecified atom stereocenters. The molecule has 2 aliphatic heterocycles. The number of ether oxygens (including phenoxy) is 4. The van der Waals surface area contributed by atoms with Crippen molar-refractivity contribution in [3.05, 3.63) is 96.6 Å². The van der Waals surface area contributed by atoms with Gasteiger partial charge in [0.25, 0.3) is 0 Å². The van der Waals surface area contributed by atoms with Crippen molar-refractivity contribution >= 4 is 45.6 Å². The molecule has 0 N–H and O–H groups in total. The average molecular weight is 803 g/mol. The number of pyridine rings is 2. The molecule has 6 heterocycles. The lowest BCUT2D eigenvalue weighted by Gasteiger charge is -2.21. The van der Waals surface area contributed by atoms with Crippen LogP contribution in [0, 0.1) is 11.9 Å². The zero-order chi connectivity index (χ0) is 39.5. The SMILES string of the molecule is CC(C)(C)c1nc2cc(Sc3ccnc(F)c3)ccc2n1CCC1OCCO1.CC(C)(C)c1nc2ccc(Sc3ccnc(F)c3)cc2n1CCC1OCCO1. The third-order valence-corrected chi connectivity index (χ3v) is 11.2. The minimum atomic E-state index is -0.471. The molecule has 2 aromatic carbocycles. The number of aromatic nitrogens is 6. The van der Waals surface area contributed by atoms with Gasteiger partial charge in [-0.25, -0.2) is 19.9 Å². The Balaban J connectivity index is 0.000000172. The Bertz CT molecular complexity index is 2260. The van der Waals surface area contributed by atoms with Crippen LogP contribution >= 0.6 is 23.5 Å². The number of hydrogen-bond acceptors (Lipinski definition) is 10. The van der Waals surface area contributed by atoms with E-state index >= 15 is 0 Å². The van der Waals surface area contributed by atoms with Crippen molar-refractivity contribution < 1.29 is 27.7 Å².